The van der Waals surface area contributed by atoms with E-state index in [1.807, 2.05) is 42.5 Å². The molecular weight excluding hydrogens is 328 g/mol. The monoisotopic (exact) mass is 346 g/mol. The second-order valence-corrected chi connectivity index (χ2v) is 5.57. The minimum absolute atomic E-state index is 0.314. The number of esters is 2. The molecule has 0 aliphatic rings. The molecule has 3 aromatic rings. The first-order valence-electron chi connectivity index (χ1n) is 8.32. The molecule has 0 amide bonds. The normalized spacial score (nSPS) is 10.8. The molecule has 0 aromatic heterocycles. The molecule has 0 saturated carbocycles. The van der Waals surface area contributed by atoms with Gasteiger partial charge >= 0.3 is 11.9 Å². The van der Waals surface area contributed by atoms with E-state index < -0.39 is 11.9 Å². The lowest BCUT2D eigenvalue weighted by Gasteiger charge is -2.04. The fourth-order valence-corrected chi connectivity index (χ4v) is 2.58. The summed E-state index contributed by atoms with van der Waals surface area (Å²) in [4.78, 5) is 23.6. The Kier molecular flexibility index (Phi) is 5.44. The van der Waals surface area contributed by atoms with Crippen LogP contribution in [0.3, 0.4) is 0 Å². The molecule has 0 radical (unpaired) electrons. The van der Waals surface area contributed by atoms with Gasteiger partial charge in [0.2, 0.25) is 0 Å². The van der Waals surface area contributed by atoms with Crippen molar-refractivity contribution >= 4 is 28.8 Å². The van der Waals surface area contributed by atoms with Crippen molar-refractivity contribution in [2.45, 2.75) is 6.92 Å². The van der Waals surface area contributed by atoms with E-state index in [0.29, 0.717) is 17.9 Å². The standard InChI is InChI=1S/C22H18O4/c1-2-25-22(24)18-10-13-19(14-11-18)26-21(23)15-12-17-8-5-7-16-6-3-4-9-20(16)17/h3-15H,2H2,1H3. The number of rotatable bonds is 5. The van der Waals surface area contributed by atoms with Gasteiger partial charge in [0.15, 0.2) is 0 Å². The van der Waals surface area contributed by atoms with Crippen molar-refractivity contribution in [2.75, 3.05) is 6.61 Å². The number of carbonyl (C=O) groups excluding carboxylic acids is 2. The molecule has 4 nitrogen and oxygen atoms in total. The third kappa shape index (κ3) is 4.16. The molecule has 26 heavy (non-hydrogen) atoms. The summed E-state index contributed by atoms with van der Waals surface area (Å²) in [6, 6.07) is 20.1. The quantitative estimate of drug-likeness (QED) is 0.384. The molecule has 3 rings (SSSR count). The zero-order valence-electron chi connectivity index (χ0n) is 14.3. The maximum absolute atomic E-state index is 12.0. The minimum atomic E-state index is -0.484. The molecule has 0 bridgehead atoms. The van der Waals surface area contributed by atoms with Crippen LogP contribution in [0.2, 0.25) is 0 Å². The highest BCUT2D eigenvalue weighted by Crippen LogP contribution is 2.20. The van der Waals surface area contributed by atoms with Crippen LogP contribution in [-0.4, -0.2) is 18.5 Å². The second-order valence-electron chi connectivity index (χ2n) is 5.57. The van der Waals surface area contributed by atoms with Crippen molar-refractivity contribution in [1.29, 1.82) is 0 Å². The molecule has 0 atom stereocenters. The van der Waals surface area contributed by atoms with Crippen molar-refractivity contribution < 1.29 is 19.1 Å². The number of benzene rings is 3. The summed E-state index contributed by atoms with van der Waals surface area (Å²) in [6.45, 7) is 2.06. The predicted octanol–water partition coefficient (Wildman–Crippen LogP) is 4.64. The Balaban J connectivity index is 1.68. The van der Waals surface area contributed by atoms with Crippen LogP contribution < -0.4 is 4.74 Å². The first kappa shape index (κ1) is 17.4. The predicted molar refractivity (Wildman–Crippen MR) is 101 cm³/mol. The number of ether oxygens (including phenoxy) is 2. The summed E-state index contributed by atoms with van der Waals surface area (Å²) >= 11 is 0. The molecule has 0 aliphatic heterocycles. The minimum Gasteiger partial charge on any atom is -0.462 e. The zero-order valence-corrected chi connectivity index (χ0v) is 14.3. The third-order valence-corrected chi connectivity index (χ3v) is 3.81. The summed E-state index contributed by atoms with van der Waals surface area (Å²) in [5.41, 5.74) is 1.36. The number of hydrogen-bond donors (Lipinski definition) is 0. The van der Waals surface area contributed by atoms with Gasteiger partial charge in [-0.1, -0.05) is 42.5 Å². The van der Waals surface area contributed by atoms with Crippen LogP contribution in [0.1, 0.15) is 22.8 Å². The van der Waals surface area contributed by atoms with Crippen molar-refractivity contribution in [3.05, 3.63) is 83.9 Å². The highest BCUT2D eigenvalue weighted by molar-refractivity contribution is 5.95. The summed E-state index contributed by atoms with van der Waals surface area (Å²) in [5, 5.41) is 2.18. The van der Waals surface area contributed by atoms with E-state index in [2.05, 4.69) is 0 Å². The number of hydrogen-bond acceptors (Lipinski definition) is 4. The van der Waals surface area contributed by atoms with Gasteiger partial charge in [-0.05, 0) is 53.6 Å². The van der Waals surface area contributed by atoms with E-state index in [0.717, 1.165) is 16.3 Å². The Morgan fingerprint density at radius 3 is 2.42 bits per heavy atom. The Labute approximate surface area is 151 Å². The van der Waals surface area contributed by atoms with Crippen molar-refractivity contribution in [3.63, 3.8) is 0 Å². The van der Waals surface area contributed by atoms with Gasteiger partial charge in [0, 0.05) is 6.08 Å². The van der Waals surface area contributed by atoms with Gasteiger partial charge in [-0.15, -0.1) is 0 Å². The maximum atomic E-state index is 12.0. The van der Waals surface area contributed by atoms with E-state index in [-0.39, 0.29) is 0 Å². The SMILES string of the molecule is CCOC(=O)c1ccc(OC(=O)C=Cc2cccc3ccccc23)cc1. The third-order valence-electron chi connectivity index (χ3n) is 3.81. The van der Waals surface area contributed by atoms with Gasteiger partial charge in [0.05, 0.1) is 12.2 Å². The lowest BCUT2D eigenvalue weighted by Crippen LogP contribution is -2.06. The topological polar surface area (TPSA) is 52.6 Å². The molecule has 0 heterocycles. The number of fused-ring (bicyclic) bond motifs is 1. The fraction of sp³-hybridized carbons (Fsp3) is 0.0909. The lowest BCUT2D eigenvalue weighted by atomic mass is 10.0. The highest BCUT2D eigenvalue weighted by atomic mass is 16.5. The average molecular weight is 346 g/mol. The number of carbonyl (C=O) groups is 2. The molecule has 4 heteroatoms. The maximum Gasteiger partial charge on any atom is 0.338 e. The smallest absolute Gasteiger partial charge is 0.338 e. The Morgan fingerprint density at radius 2 is 1.65 bits per heavy atom. The summed E-state index contributed by atoms with van der Waals surface area (Å²) < 4.78 is 10.2. The van der Waals surface area contributed by atoms with Gasteiger partial charge in [-0.3, -0.25) is 0 Å². The van der Waals surface area contributed by atoms with Gasteiger partial charge in [-0.25, -0.2) is 9.59 Å². The van der Waals surface area contributed by atoms with Crippen LogP contribution in [0.5, 0.6) is 5.75 Å². The lowest BCUT2D eigenvalue weighted by molar-refractivity contribution is -0.128. The zero-order chi connectivity index (χ0) is 18.4. The molecule has 130 valence electrons. The molecule has 0 aliphatic carbocycles. The summed E-state index contributed by atoms with van der Waals surface area (Å²) in [6.07, 6.45) is 3.12. The Morgan fingerprint density at radius 1 is 0.923 bits per heavy atom. The van der Waals surface area contributed by atoms with E-state index in [9.17, 15) is 9.59 Å². The molecule has 0 spiro atoms. The first-order valence-corrected chi connectivity index (χ1v) is 8.32. The summed E-state index contributed by atoms with van der Waals surface area (Å²) in [5.74, 6) is -0.520. The highest BCUT2D eigenvalue weighted by Gasteiger charge is 2.07. The van der Waals surface area contributed by atoms with Crippen LogP contribution in [0.15, 0.2) is 72.8 Å². The average Bonchev–Trinajstić information content (AvgIpc) is 2.67. The molecule has 3 aromatic carbocycles. The van der Waals surface area contributed by atoms with E-state index in [1.54, 1.807) is 37.3 Å². The molecule has 0 fully saturated rings. The Hall–Kier alpha value is -3.40. The molecular formula is C22H18O4. The fourth-order valence-electron chi connectivity index (χ4n) is 2.58. The van der Waals surface area contributed by atoms with Crippen LogP contribution in [-0.2, 0) is 9.53 Å². The van der Waals surface area contributed by atoms with Crippen LogP contribution in [0.4, 0.5) is 0 Å². The van der Waals surface area contributed by atoms with Gasteiger partial charge in [0.25, 0.3) is 0 Å². The van der Waals surface area contributed by atoms with Crippen LogP contribution >= 0.6 is 0 Å². The molecule has 0 N–H and O–H groups in total. The van der Waals surface area contributed by atoms with E-state index in [4.69, 9.17) is 9.47 Å². The Bertz CT molecular complexity index is 950. The van der Waals surface area contributed by atoms with Gasteiger partial charge < -0.3 is 9.47 Å². The largest absolute Gasteiger partial charge is 0.462 e. The van der Waals surface area contributed by atoms with Crippen molar-refractivity contribution in [3.8, 4) is 5.75 Å². The van der Waals surface area contributed by atoms with Crippen LogP contribution in [0.25, 0.3) is 16.8 Å². The summed E-state index contributed by atoms with van der Waals surface area (Å²) in [7, 11) is 0. The van der Waals surface area contributed by atoms with E-state index in [1.165, 1.54) is 6.08 Å². The first-order chi connectivity index (χ1) is 12.7. The van der Waals surface area contributed by atoms with Gasteiger partial charge in [-0.2, -0.15) is 0 Å². The van der Waals surface area contributed by atoms with Crippen molar-refractivity contribution in [2.24, 2.45) is 0 Å². The van der Waals surface area contributed by atoms with Crippen LogP contribution in [0, 0.1) is 0 Å². The molecule has 0 unspecified atom stereocenters. The molecule has 0 saturated heterocycles. The van der Waals surface area contributed by atoms with Crippen molar-refractivity contribution in [1.82, 2.24) is 0 Å². The van der Waals surface area contributed by atoms with E-state index >= 15 is 0 Å². The second kappa shape index (κ2) is 8.12. The van der Waals surface area contributed by atoms with Gasteiger partial charge in [0.1, 0.15) is 5.75 Å².